The van der Waals surface area contributed by atoms with Crippen LogP contribution in [0.15, 0.2) is 59.5 Å². The van der Waals surface area contributed by atoms with Crippen molar-refractivity contribution >= 4 is 34.8 Å². The molecule has 2 bridgehead atoms. The number of aromatic nitrogens is 2. The molecule has 5 aliphatic rings. The molecule has 8 rings (SSSR count). The van der Waals surface area contributed by atoms with Gasteiger partial charge in [0.1, 0.15) is 5.02 Å². The monoisotopic (exact) mass is 629 g/mol. The first kappa shape index (κ1) is 30.0. The molecule has 10 nitrogen and oxygen atoms in total. The van der Waals surface area contributed by atoms with Gasteiger partial charge < -0.3 is 15.1 Å². The van der Waals surface area contributed by atoms with Gasteiger partial charge in [0, 0.05) is 70.0 Å². The lowest BCUT2D eigenvalue weighted by molar-refractivity contribution is -0.134. The van der Waals surface area contributed by atoms with Crippen LogP contribution in [0, 0.1) is 0 Å². The van der Waals surface area contributed by atoms with Gasteiger partial charge in [-0.2, -0.15) is 5.10 Å². The van der Waals surface area contributed by atoms with Gasteiger partial charge in [0.25, 0.3) is 5.56 Å². The standard InChI is InChI=1S/C34H40ClN7O3/c1-39-17-24(12-25(18-39)37-30-15-36-40(2)34(45)32(30)35)22-8-6-21(7-9-22)16-42-27-14-28(42)20-41(19-27)26-5-3-4-23(13-26)29-10-11-31(43)38-33(29)44/h3-9,13,15,24-25,27-29,37H,10-12,14,16-20H2,1-2H3,(H,38,43,44)/t24-,25+,27?,28?,29?/m1/s1. The summed E-state index contributed by atoms with van der Waals surface area (Å²) in [7, 11) is 3.73. The van der Waals surface area contributed by atoms with Gasteiger partial charge in [0.2, 0.25) is 11.8 Å². The Labute approximate surface area is 268 Å². The number of piperidine rings is 3. The molecule has 0 spiro atoms. The quantitative estimate of drug-likeness (QED) is 0.384. The predicted molar refractivity (Wildman–Crippen MR) is 175 cm³/mol. The SMILES string of the molecule is CN1C[C@@H](Nc2cnn(C)c(=O)c2Cl)C[C@@H](c2ccc(CN3C4CC3CN(c3cccc(C5CCC(=O)NC5=O)c3)C4)cc2)C1. The van der Waals surface area contributed by atoms with E-state index in [0.29, 0.717) is 36.5 Å². The highest BCUT2D eigenvalue weighted by Crippen LogP contribution is 2.37. The van der Waals surface area contributed by atoms with Crippen LogP contribution in [0.1, 0.15) is 54.2 Å². The van der Waals surface area contributed by atoms with Crippen LogP contribution < -0.4 is 21.1 Å². The maximum absolute atomic E-state index is 12.4. The number of benzene rings is 2. The number of amides is 2. The van der Waals surface area contributed by atoms with E-state index in [1.807, 2.05) is 12.1 Å². The van der Waals surface area contributed by atoms with Gasteiger partial charge in [-0.3, -0.25) is 24.6 Å². The summed E-state index contributed by atoms with van der Waals surface area (Å²) < 4.78 is 1.25. The number of carbonyl (C=O) groups is 2. The van der Waals surface area contributed by atoms with E-state index in [1.54, 1.807) is 13.2 Å². The number of likely N-dealkylation sites (tertiary alicyclic amines) is 1. The normalized spacial score (nSPS) is 27.2. The number of nitrogens with one attached hydrogen (secondary N) is 2. The summed E-state index contributed by atoms with van der Waals surface area (Å²) in [5.74, 6) is -0.241. The van der Waals surface area contributed by atoms with E-state index in [-0.39, 0.29) is 34.4 Å². The molecule has 5 atom stereocenters. The summed E-state index contributed by atoms with van der Waals surface area (Å²) >= 11 is 6.32. The van der Waals surface area contributed by atoms with Gasteiger partial charge in [-0.25, -0.2) is 4.68 Å². The summed E-state index contributed by atoms with van der Waals surface area (Å²) in [6, 6.07) is 18.6. The maximum Gasteiger partial charge on any atom is 0.287 e. The second-order valence-corrected chi connectivity index (χ2v) is 13.6. The highest BCUT2D eigenvalue weighted by Gasteiger charge is 2.44. The Hall–Kier alpha value is -3.73. The van der Waals surface area contributed by atoms with Crippen LogP contribution in [0.4, 0.5) is 11.4 Å². The first-order chi connectivity index (χ1) is 21.7. The second-order valence-electron chi connectivity index (χ2n) is 13.3. The molecule has 2 aromatic carbocycles. The molecule has 5 saturated heterocycles. The molecule has 3 aromatic rings. The number of carbonyl (C=O) groups excluding carboxylic acids is 2. The summed E-state index contributed by atoms with van der Waals surface area (Å²) in [5.41, 5.74) is 5.11. The molecule has 2 N–H and O–H groups in total. The lowest BCUT2D eigenvalue weighted by Crippen LogP contribution is -2.68. The average Bonchev–Trinajstić information content (AvgIpc) is 3.04. The smallest absolute Gasteiger partial charge is 0.287 e. The van der Waals surface area contributed by atoms with Crippen molar-refractivity contribution < 1.29 is 9.59 Å². The molecule has 11 heteroatoms. The van der Waals surface area contributed by atoms with E-state index in [2.05, 4.69) is 73.9 Å². The number of imide groups is 1. The van der Waals surface area contributed by atoms with Crippen LogP contribution in [0.3, 0.4) is 0 Å². The number of anilines is 2. The minimum atomic E-state index is -0.295. The van der Waals surface area contributed by atoms with Crippen LogP contribution in [0.2, 0.25) is 5.02 Å². The third-order valence-electron chi connectivity index (χ3n) is 10.1. The molecule has 3 unspecified atom stereocenters. The third kappa shape index (κ3) is 6.11. The van der Waals surface area contributed by atoms with Gasteiger partial charge in [-0.15, -0.1) is 0 Å². The minimum absolute atomic E-state index is 0.160. The van der Waals surface area contributed by atoms with E-state index in [1.165, 1.54) is 22.2 Å². The molecule has 5 aliphatic heterocycles. The maximum atomic E-state index is 12.4. The first-order valence-electron chi connectivity index (χ1n) is 15.9. The van der Waals surface area contributed by atoms with E-state index < -0.39 is 0 Å². The van der Waals surface area contributed by atoms with Crippen LogP contribution in [0.5, 0.6) is 0 Å². The Kier molecular flexibility index (Phi) is 8.14. The fourth-order valence-electron chi connectivity index (χ4n) is 7.71. The van der Waals surface area contributed by atoms with Crippen molar-refractivity contribution in [2.24, 2.45) is 7.05 Å². The molecule has 45 heavy (non-hydrogen) atoms. The Morgan fingerprint density at radius 3 is 2.49 bits per heavy atom. The molecule has 6 heterocycles. The summed E-state index contributed by atoms with van der Waals surface area (Å²) in [5, 5.41) is 10.3. The zero-order valence-electron chi connectivity index (χ0n) is 25.8. The lowest BCUT2D eigenvalue weighted by atomic mass is 9.85. The third-order valence-corrected chi connectivity index (χ3v) is 10.5. The van der Waals surface area contributed by atoms with Crippen molar-refractivity contribution in [1.29, 1.82) is 0 Å². The number of aryl methyl sites for hydroxylation is 1. The number of nitrogens with zero attached hydrogens (tertiary/aromatic N) is 5. The van der Waals surface area contributed by atoms with Crippen LogP contribution in [-0.2, 0) is 23.2 Å². The first-order valence-corrected chi connectivity index (χ1v) is 16.3. The zero-order chi connectivity index (χ0) is 31.2. The Bertz CT molecular complexity index is 1650. The van der Waals surface area contributed by atoms with Crippen LogP contribution in [0.25, 0.3) is 0 Å². The number of fused-ring (bicyclic) bond motifs is 2. The zero-order valence-corrected chi connectivity index (χ0v) is 26.5. The second kappa shape index (κ2) is 12.2. The number of rotatable bonds is 7. The highest BCUT2D eigenvalue weighted by atomic mass is 35.5. The van der Waals surface area contributed by atoms with Gasteiger partial charge in [-0.05, 0) is 61.1 Å². The summed E-state index contributed by atoms with van der Waals surface area (Å²) in [4.78, 5) is 43.7. The molecule has 2 amide bonds. The minimum Gasteiger partial charge on any atom is -0.378 e. The summed E-state index contributed by atoms with van der Waals surface area (Å²) in [6.45, 7) is 4.75. The Morgan fingerprint density at radius 1 is 0.956 bits per heavy atom. The molecule has 0 radical (unpaired) electrons. The highest BCUT2D eigenvalue weighted by molar-refractivity contribution is 6.32. The average molecular weight is 630 g/mol. The van der Waals surface area contributed by atoms with Gasteiger partial charge in [-0.1, -0.05) is 48.0 Å². The number of hydrogen-bond acceptors (Lipinski definition) is 8. The van der Waals surface area contributed by atoms with Crippen LogP contribution in [-0.4, -0.2) is 82.7 Å². The van der Waals surface area contributed by atoms with Crippen molar-refractivity contribution in [3.05, 3.63) is 86.8 Å². The molecule has 1 aromatic heterocycles. The van der Waals surface area contributed by atoms with Crippen molar-refractivity contribution in [2.45, 2.75) is 62.2 Å². The largest absolute Gasteiger partial charge is 0.378 e. The molecular formula is C34H40ClN7O3. The fourth-order valence-corrected chi connectivity index (χ4v) is 7.93. The van der Waals surface area contributed by atoms with E-state index in [4.69, 9.17) is 11.6 Å². The predicted octanol–water partition coefficient (Wildman–Crippen LogP) is 3.32. The fraction of sp³-hybridized carbons (Fsp3) is 0.471. The number of likely N-dealkylation sites (N-methyl/N-ethyl adjacent to an activating group) is 1. The number of halogens is 1. The van der Waals surface area contributed by atoms with E-state index in [0.717, 1.165) is 50.4 Å². The molecule has 0 saturated carbocycles. The molecule has 236 valence electrons. The van der Waals surface area contributed by atoms with Gasteiger partial charge >= 0.3 is 0 Å². The Balaban J connectivity index is 0.956. The molecular weight excluding hydrogens is 590 g/mol. The van der Waals surface area contributed by atoms with E-state index >= 15 is 0 Å². The number of piperazine rings is 1. The van der Waals surface area contributed by atoms with Crippen molar-refractivity contribution in [2.75, 3.05) is 43.4 Å². The van der Waals surface area contributed by atoms with Crippen molar-refractivity contribution in [1.82, 2.24) is 24.9 Å². The summed E-state index contributed by atoms with van der Waals surface area (Å²) in [6.07, 6.45) is 4.77. The van der Waals surface area contributed by atoms with E-state index in [9.17, 15) is 14.4 Å². The topological polar surface area (TPSA) is 103 Å². The molecule has 0 aliphatic carbocycles. The lowest BCUT2D eigenvalue weighted by Gasteiger charge is -2.57. The van der Waals surface area contributed by atoms with Crippen molar-refractivity contribution in [3.63, 3.8) is 0 Å². The molecule has 5 fully saturated rings. The number of hydrogen-bond donors (Lipinski definition) is 2. The van der Waals surface area contributed by atoms with Gasteiger partial charge in [0.05, 0.1) is 17.8 Å². The van der Waals surface area contributed by atoms with Gasteiger partial charge in [0.15, 0.2) is 0 Å². The van der Waals surface area contributed by atoms with Crippen molar-refractivity contribution in [3.8, 4) is 0 Å². The Morgan fingerprint density at radius 2 is 1.73 bits per heavy atom. The van der Waals surface area contributed by atoms with Crippen LogP contribution >= 0.6 is 11.6 Å².